The number of nitrogens with one attached hydrogen (secondary N) is 2. The number of carbonyl (C=O) groups excluding carboxylic acids is 1. The van der Waals surface area contributed by atoms with Crippen LogP contribution >= 0.6 is 0 Å². The molecule has 1 amide bonds. The first kappa shape index (κ1) is 13.9. The van der Waals surface area contributed by atoms with Gasteiger partial charge >= 0.3 is 0 Å². The number of rotatable bonds is 6. The summed E-state index contributed by atoms with van der Waals surface area (Å²) in [6, 6.07) is 1.39. The average molecular weight is 252 g/mol. The predicted molar refractivity (Wildman–Crippen MR) is 74.4 cm³/mol. The summed E-state index contributed by atoms with van der Waals surface area (Å²) in [5.74, 6) is 1.63. The van der Waals surface area contributed by atoms with Crippen LogP contribution in [0.5, 0.6) is 0 Å². The highest BCUT2D eigenvalue weighted by Gasteiger charge is 2.33. The molecule has 104 valence electrons. The number of piperidine rings is 1. The van der Waals surface area contributed by atoms with Crippen molar-refractivity contribution in [3.8, 4) is 0 Å². The lowest BCUT2D eigenvalue weighted by molar-refractivity contribution is -0.122. The van der Waals surface area contributed by atoms with Gasteiger partial charge in [0, 0.05) is 25.0 Å². The Morgan fingerprint density at radius 3 is 2.56 bits per heavy atom. The lowest BCUT2D eigenvalue weighted by Crippen LogP contribution is -2.39. The Morgan fingerprint density at radius 2 is 1.94 bits per heavy atom. The topological polar surface area (TPSA) is 41.1 Å². The summed E-state index contributed by atoms with van der Waals surface area (Å²) in [5.41, 5.74) is 0. The van der Waals surface area contributed by atoms with Crippen LogP contribution in [0, 0.1) is 11.8 Å². The van der Waals surface area contributed by atoms with Crippen molar-refractivity contribution in [1.29, 1.82) is 0 Å². The Morgan fingerprint density at radius 1 is 1.28 bits per heavy atom. The molecule has 0 aromatic heterocycles. The van der Waals surface area contributed by atoms with Gasteiger partial charge in [-0.2, -0.15) is 0 Å². The van der Waals surface area contributed by atoms with Crippen molar-refractivity contribution in [2.75, 3.05) is 6.54 Å². The highest BCUT2D eigenvalue weighted by atomic mass is 16.1. The van der Waals surface area contributed by atoms with Gasteiger partial charge < -0.3 is 10.6 Å². The van der Waals surface area contributed by atoms with Gasteiger partial charge in [-0.1, -0.05) is 13.8 Å². The predicted octanol–water partition coefficient (Wildman–Crippen LogP) is 2.46. The average Bonchev–Trinajstić information content (AvgIpc) is 2.64. The zero-order chi connectivity index (χ0) is 13.0. The minimum Gasteiger partial charge on any atom is -0.356 e. The van der Waals surface area contributed by atoms with E-state index in [2.05, 4.69) is 24.5 Å². The lowest BCUT2D eigenvalue weighted by atomic mass is 9.89. The van der Waals surface area contributed by atoms with E-state index in [1.165, 1.54) is 32.1 Å². The standard InChI is InChI=1S/C15H28N2O/c1-11(2)4-3-7-16-15(18)10-12-8-13-5-6-14(9-12)17-13/h11-14,17H,3-10H2,1-2H3,(H,16,18). The maximum absolute atomic E-state index is 11.9. The molecule has 2 unspecified atom stereocenters. The lowest BCUT2D eigenvalue weighted by Gasteiger charge is -2.28. The molecule has 2 bridgehead atoms. The largest absolute Gasteiger partial charge is 0.356 e. The number of carbonyl (C=O) groups is 1. The van der Waals surface area contributed by atoms with E-state index in [1.54, 1.807) is 0 Å². The second-order valence-electron chi connectivity index (χ2n) is 6.57. The van der Waals surface area contributed by atoms with Crippen LogP contribution in [0.1, 0.15) is 58.8 Å². The zero-order valence-electron chi connectivity index (χ0n) is 11.9. The fourth-order valence-electron chi connectivity index (χ4n) is 3.41. The van der Waals surface area contributed by atoms with Gasteiger partial charge in [0.2, 0.25) is 5.91 Å². The first-order chi connectivity index (χ1) is 8.63. The van der Waals surface area contributed by atoms with Crippen LogP contribution in [0.2, 0.25) is 0 Å². The first-order valence-corrected chi connectivity index (χ1v) is 7.66. The van der Waals surface area contributed by atoms with Crippen molar-refractivity contribution in [1.82, 2.24) is 10.6 Å². The Labute approximate surface area is 111 Å². The van der Waals surface area contributed by atoms with Crippen molar-refractivity contribution in [2.45, 2.75) is 70.9 Å². The van der Waals surface area contributed by atoms with E-state index in [1.807, 2.05) is 0 Å². The summed E-state index contributed by atoms with van der Waals surface area (Å²) < 4.78 is 0. The van der Waals surface area contributed by atoms with Crippen LogP contribution in [0.25, 0.3) is 0 Å². The van der Waals surface area contributed by atoms with Gasteiger partial charge in [0.1, 0.15) is 0 Å². The molecular weight excluding hydrogens is 224 g/mol. The number of hydrogen-bond acceptors (Lipinski definition) is 2. The van der Waals surface area contributed by atoms with Crippen molar-refractivity contribution in [2.24, 2.45) is 11.8 Å². The highest BCUT2D eigenvalue weighted by Crippen LogP contribution is 2.32. The Kier molecular flexibility index (Phi) is 5.04. The molecule has 2 N–H and O–H groups in total. The van der Waals surface area contributed by atoms with E-state index in [9.17, 15) is 4.79 Å². The summed E-state index contributed by atoms with van der Waals surface area (Å²) in [7, 11) is 0. The van der Waals surface area contributed by atoms with Crippen LogP contribution in [0.3, 0.4) is 0 Å². The molecular formula is C15H28N2O. The summed E-state index contributed by atoms with van der Waals surface area (Å²) in [6.07, 6.45) is 8.11. The van der Waals surface area contributed by atoms with Crippen LogP contribution in [0.15, 0.2) is 0 Å². The summed E-state index contributed by atoms with van der Waals surface area (Å²) in [4.78, 5) is 11.9. The van der Waals surface area contributed by atoms with E-state index in [4.69, 9.17) is 0 Å². The first-order valence-electron chi connectivity index (χ1n) is 7.66. The molecule has 2 heterocycles. The minimum atomic E-state index is 0.269. The Hall–Kier alpha value is -0.570. The van der Waals surface area contributed by atoms with E-state index in [-0.39, 0.29) is 5.91 Å². The summed E-state index contributed by atoms with van der Waals surface area (Å²) >= 11 is 0. The third-order valence-corrected chi connectivity index (χ3v) is 4.33. The molecule has 2 aliphatic heterocycles. The van der Waals surface area contributed by atoms with Crippen molar-refractivity contribution >= 4 is 5.91 Å². The summed E-state index contributed by atoms with van der Waals surface area (Å²) in [6.45, 7) is 5.31. The van der Waals surface area contributed by atoms with E-state index in [0.717, 1.165) is 25.3 Å². The molecule has 0 aliphatic carbocycles. The molecule has 2 aliphatic rings. The maximum Gasteiger partial charge on any atom is 0.220 e. The van der Waals surface area contributed by atoms with Crippen LogP contribution in [0.4, 0.5) is 0 Å². The molecule has 18 heavy (non-hydrogen) atoms. The Bertz CT molecular complexity index is 266. The smallest absolute Gasteiger partial charge is 0.220 e. The quantitative estimate of drug-likeness (QED) is 0.713. The minimum absolute atomic E-state index is 0.269. The molecule has 0 saturated carbocycles. The summed E-state index contributed by atoms with van der Waals surface area (Å²) in [5, 5.41) is 6.70. The van der Waals surface area contributed by atoms with Gasteiger partial charge in [-0.05, 0) is 50.4 Å². The van der Waals surface area contributed by atoms with Gasteiger partial charge in [0.15, 0.2) is 0 Å². The zero-order valence-corrected chi connectivity index (χ0v) is 11.9. The number of fused-ring (bicyclic) bond motifs is 2. The monoisotopic (exact) mass is 252 g/mol. The molecule has 0 aromatic rings. The molecule has 0 spiro atoms. The molecule has 0 radical (unpaired) electrons. The highest BCUT2D eigenvalue weighted by molar-refractivity contribution is 5.76. The molecule has 0 aromatic carbocycles. The normalized spacial score (nSPS) is 30.7. The molecule has 2 fully saturated rings. The molecule has 3 nitrogen and oxygen atoms in total. The third kappa shape index (κ3) is 4.27. The van der Waals surface area contributed by atoms with Gasteiger partial charge in [-0.25, -0.2) is 0 Å². The van der Waals surface area contributed by atoms with Gasteiger partial charge in [-0.15, -0.1) is 0 Å². The van der Waals surface area contributed by atoms with Crippen molar-refractivity contribution in [3.63, 3.8) is 0 Å². The molecule has 3 heteroatoms. The van der Waals surface area contributed by atoms with Crippen molar-refractivity contribution < 1.29 is 4.79 Å². The third-order valence-electron chi connectivity index (χ3n) is 4.33. The maximum atomic E-state index is 11.9. The number of hydrogen-bond donors (Lipinski definition) is 2. The van der Waals surface area contributed by atoms with E-state index < -0.39 is 0 Å². The van der Waals surface area contributed by atoms with Crippen LogP contribution < -0.4 is 10.6 Å². The van der Waals surface area contributed by atoms with E-state index in [0.29, 0.717) is 18.0 Å². The fourth-order valence-corrected chi connectivity index (χ4v) is 3.41. The van der Waals surface area contributed by atoms with Crippen LogP contribution in [-0.2, 0) is 4.79 Å². The van der Waals surface area contributed by atoms with Gasteiger partial charge in [-0.3, -0.25) is 4.79 Å². The fraction of sp³-hybridized carbons (Fsp3) is 0.933. The molecule has 2 saturated heterocycles. The molecule has 2 rings (SSSR count). The van der Waals surface area contributed by atoms with Crippen molar-refractivity contribution in [3.05, 3.63) is 0 Å². The van der Waals surface area contributed by atoms with E-state index >= 15 is 0 Å². The SMILES string of the molecule is CC(C)CCCNC(=O)CC1CC2CCC(C1)N2. The molecule has 2 atom stereocenters. The second kappa shape index (κ2) is 6.55. The van der Waals surface area contributed by atoms with Gasteiger partial charge in [0.25, 0.3) is 0 Å². The number of amides is 1. The van der Waals surface area contributed by atoms with Crippen LogP contribution in [-0.4, -0.2) is 24.5 Å². The van der Waals surface area contributed by atoms with Gasteiger partial charge in [0.05, 0.1) is 0 Å². The second-order valence-corrected chi connectivity index (χ2v) is 6.57. The Balaban J connectivity index is 1.59.